The maximum absolute atomic E-state index is 12.6. The van der Waals surface area contributed by atoms with Gasteiger partial charge in [0.2, 0.25) is 5.82 Å². The van der Waals surface area contributed by atoms with E-state index in [0.29, 0.717) is 24.7 Å². The highest BCUT2D eigenvalue weighted by molar-refractivity contribution is 5.74. The van der Waals surface area contributed by atoms with Crippen LogP contribution in [0.5, 0.6) is 0 Å². The smallest absolute Gasteiger partial charge is 0.329 e. The largest absolute Gasteiger partial charge is 0.471 e. The molecule has 1 aliphatic carbocycles. The molecule has 1 aromatic carbocycles. The summed E-state index contributed by atoms with van der Waals surface area (Å²) < 4.78 is 41.9. The minimum Gasteiger partial charge on any atom is -0.329 e. The van der Waals surface area contributed by atoms with Crippen LogP contribution in [-0.4, -0.2) is 45.6 Å². The lowest BCUT2D eigenvalue weighted by molar-refractivity contribution is -0.159. The number of hydrogen-bond donors (Lipinski definition) is 0. The number of urea groups is 1. The number of alkyl halides is 3. The quantitative estimate of drug-likeness (QED) is 0.778. The van der Waals surface area contributed by atoms with E-state index in [1.165, 1.54) is 0 Å². The van der Waals surface area contributed by atoms with Crippen LogP contribution in [0, 0.1) is 0 Å². The molecule has 27 heavy (non-hydrogen) atoms. The third-order valence-corrected chi connectivity index (χ3v) is 4.83. The molecule has 146 valence electrons. The van der Waals surface area contributed by atoms with Crippen molar-refractivity contribution in [2.45, 2.75) is 44.9 Å². The summed E-state index contributed by atoms with van der Waals surface area (Å²) in [7, 11) is 1.83. The zero-order chi connectivity index (χ0) is 19.6. The molecule has 0 spiro atoms. The molecule has 0 aliphatic heterocycles. The lowest BCUT2D eigenvalue weighted by Crippen LogP contribution is -2.48. The number of halogens is 3. The minimum absolute atomic E-state index is 0.0146. The van der Waals surface area contributed by atoms with E-state index in [9.17, 15) is 18.0 Å². The zero-order valence-corrected chi connectivity index (χ0v) is 15.2. The first-order valence-corrected chi connectivity index (χ1v) is 8.81. The zero-order valence-electron chi connectivity index (χ0n) is 15.2. The molecule has 0 bridgehead atoms. The van der Waals surface area contributed by atoms with Crippen LogP contribution in [0.4, 0.5) is 18.0 Å². The third kappa shape index (κ3) is 4.23. The molecular formula is C18H21F3N4O2. The first-order valence-electron chi connectivity index (χ1n) is 8.81. The Morgan fingerprint density at radius 2 is 1.93 bits per heavy atom. The summed E-state index contributed by atoms with van der Waals surface area (Å²) in [6, 6.07) is 7.04. The van der Waals surface area contributed by atoms with Gasteiger partial charge in [-0.25, -0.2) is 4.79 Å². The van der Waals surface area contributed by atoms with Crippen LogP contribution < -0.4 is 0 Å². The number of rotatable bonds is 5. The summed E-state index contributed by atoms with van der Waals surface area (Å²) in [6.07, 6.45) is -1.43. The van der Waals surface area contributed by atoms with Crippen LogP contribution in [0.1, 0.15) is 37.6 Å². The first-order chi connectivity index (χ1) is 12.8. The van der Waals surface area contributed by atoms with Gasteiger partial charge >= 0.3 is 18.1 Å². The highest BCUT2D eigenvalue weighted by atomic mass is 19.4. The highest BCUT2D eigenvalue weighted by Gasteiger charge is 2.38. The molecule has 1 fully saturated rings. The van der Waals surface area contributed by atoms with E-state index >= 15 is 0 Å². The summed E-state index contributed by atoms with van der Waals surface area (Å²) in [6.45, 7) is 2.91. The van der Waals surface area contributed by atoms with Crippen LogP contribution in [-0.2, 0) is 12.7 Å². The Hall–Kier alpha value is -2.58. The maximum Gasteiger partial charge on any atom is 0.471 e. The van der Waals surface area contributed by atoms with Gasteiger partial charge in [-0.3, -0.25) is 0 Å². The van der Waals surface area contributed by atoms with Crippen LogP contribution in [0.3, 0.4) is 0 Å². The third-order valence-electron chi connectivity index (χ3n) is 4.83. The Balaban J connectivity index is 1.67. The van der Waals surface area contributed by atoms with Gasteiger partial charge in [-0.1, -0.05) is 29.4 Å². The maximum atomic E-state index is 12.6. The Morgan fingerprint density at radius 3 is 2.41 bits per heavy atom. The molecule has 3 rings (SSSR count). The van der Waals surface area contributed by atoms with Gasteiger partial charge in [0.05, 0.1) is 0 Å². The lowest BCUT2D eigenvalue weighted by Gasteiger charge is -2.37. The van der Waals surface area contributed by atoms with E-state index in [0.717, 1.165) is 24.8 Å². The monoisotopic (exact) mass is 382 g/mol. The Bertz CT molecular complexity index is 785. The SMILES string of the molecule is CCN(Cc1ccc(-c2noc(C(F)(F)F)n2)cc1)C(=O)N(C)C1CCC1. The fraction of sp³-hybridized carbons (Fsp3) is 0.500. The van der Waals surface area contributed by atoms with Crippen molar-refractivity contribution in [3.8, 4) is 11.4 Å². The van der Waals surface area contributed by atoms with Gasteiger partial charge in [-0.2, -0.15) is 18.2 Å². The Labute approximate surface area is 154 Å². The van der Waals surface area contributed by atoms with E-state index in [1.807, 2.05) is 14.0 Å². The van der Waals surface area contributed by atoms with E-state index in [4.69, 9.17) is 0 Å². The van der Waals surface area contributed by atoms with Crippen LogP contribution >= 0.6 is 0 Å². The summed E-state index contributed by atoms with van der Waals surface area (Å²) >= 11 is 0. The molecule has 0 atom stereocenters. The molecule has 9 heteroatoms. The Kier molecular flexibility index (Phi) is 5.38. The van der Waals surface area contributed by atoms with E-state index < -0.39 is 12.1 Å². The lowest BCUT2D eigenvalue weighted by atomic mass is 9.92. The van der Waals surface area contributed by atoms with E-state index in [2.05, 4.69) is 14.7 Å². The normalized spacial score (nSPS) is 14.7. The van der Waals surface area contributed by atoms with Crippen molar-refractivity contribution in [3.63, 3.8) is 0 Å². The molecule has 2 aromatic rings. The molecule has 2 amide bonds. The van der Waals surface area contributed by atoms with Crippen molar-refractivity contribution in [2.75, 3.05) is 13.6 Å². The number of carbonyl (C=O) groups is 1. The number of benzene rings is 1. The standard InChI is InChI=1S/C18H21F3N4O2/c1-3-25(17(26)24(2)14-5-4-6-14)11-12-7-9-13(10-8-12)15-22-16(27-23-15)18(19,20)21/h7-10,14H,3-6,11H2,1-2H3. The summed E-state index contributed by atoms with van der Waals surface area (Å²) in [5.74, 6) is -1.50. The summed E-state index contributed by atoms with van der Waals surface area (Å²) in [5.41, 5.74) is 1.29. The molecule has 1 aromatic heterocycles. The molecule has 0 saturated heterocycles. The van der Waals surface area contributed by atoms with Crippen molar-refractivity contribution in [3.05, 3.63) is 35.7 Å². The van der Waals surface area contributed by atoms with Crippen molar-refractivity contribution >= 4 is 6.03 Å². The molecule has 0 N–H and O–H groups in total. The van der Waals surface area contributed by atoms with Gasteiger partial charge in [0.15, 0.2) is 0 Å². The Morgan fingerprint density at radius 1 is 1.26 bits per heavy atom. The van der Waals surface area contributed by atoms with Gasteiger partial charge in [0.1, 0.15) is 0 Å². The predicted octanol–water partition coefficient (Wildman–Crippen LogP) is 4.18. The average Bonchev–Trinajstić information content (AvgIpc) is 3.08. The minimum atomic E-state index is -4.67. The molecular weight excluding hydrogens is 361 g/mol. The van der Waals surface area contributed by atoms with Crippen molar-refractivity contribution in [1.29, 1.82) is 0 Å². The molecule has 1 saturated carbocycles. The predicted molar refractivity (Wildman–Crippen MR) is 91.6 cm³/mol. The van der Waals surface area contributed by atoms with Gasteiger partial charge in [-0.05, 0) is 31.7 Å². The molecule has 0 unspecified atom stereocenters. The number of amides is 2. The number of carbonyl (C=O) groups excluding carboxylic acids is 1. The van der Waals surface area contributed by atoms with Gasteiger partial charge < -0.3 is 14.3 Å². The molecule has 1 heterocycles. The van der Waals surface area contributed by atoms with Crippen LogP contribution in [0.25, 0.3) is 11.4 Å². The number of hydrogen-bond acceptors (Lipinski definition) is 4. The second kappa shape index (κ2) is 7.58. The van der Waals surface area contributed by atoms with Crippen molar-refractivity contribution in [1.82, 2.24) is 19.9 Å². The summed E-state index contributed by atoms with van der Waals surface area (Å²) in [5, 5.41) is 3.37. The number of nitrogens with zero attached hydrogens (tertiary/aromatic N) is 4. The molecule has 0 radical (unpaired) electrons. The van der Waals surface area contributed by atoms with Gasteiger partial charge in [0.25, 0.3) is 0 Å². The van der Waals surface area contributed by atoms with Crippen LogP contribution in [0.15, 0.2) is 28.8 Å². The number of aromatic nitrogens is 2. The average molecular weight is 382 g/mol. The molecule has 1 aliphatic rings. The topological polar surface area (TPSA) is 62.5 Å². The second-order valence-corrected chi connectivity index (χ2v) is 6.61. The second-order valence-electron chi connectivity index (χ2n) is 6.61. The molecule has 6 nitrogen and oxygen atoms in total. The van der Waals surface area contributed by atoms with Crippen LogP contribution in [0.2, 0.25) is 0 Å². The fourth-order valence-electron chi connectivity index (χ4n) is 2.90. The fourth-order valence-corrected chi connectivity index (χ4v) is 2.90. The first kappa shape index (κ1) is 19.2. The summed E-state index contributed by atoms with van der Waals surface area (Å²) in [4.78, 5) is 19.5. The van der Waals surface area contributed by atoms with E-state index in [-0.39, 0.29) is 11.9 Å². The van der Waals surface area contributed by atoms with E-state index in [1.54, 1.807) is 34.1 Å². The van der Waals surface area contributed by atoms with Crippen molar-refractivity contribution in [2.24, 2.45) is 0 Å². The van der Waals surface area contributed by atoms with Crippen molar-refractivity contribution < 1.29 is 22.5 Å². The van der Waals surface area contributed by atoms with Gasteiger partial charge in [-0.15, -0.1) is 0 Å². The highest BCUT2D eigenvalue weighted by Crippen LogP contribution is 2.29. The van der Waals surface area contributed by atoms with Gasteiger partial charge in [0, 0.05) is 31.7 Å².